The Kier molecular flexibility index (Phi) is 5.92. The van der Waals surface area contributed by atoms with E-state index in [1.54, 1.807) is 12.2 Å². The number of aryl methyl sites for hydroxylation is 3. The predicted octanol–water partition coefficient (Wildman–Crippen LogP) is 2.14. The highest BCUT2D eigenvalue weighted by atomic mass is 32.2. The van der Waals surface area contributed by atoms with E-state index in [1.165, 1.54) is 4.31 Å². The molecule has 0 radical (unpaired) electrons. The molecular formula is C15H24N2O2S. The summed E-state index contributed by atoms with van der Waals surface area (Å²) in [6, 6.07) is 3.81. The number of benzene rings is 1. The van der Waals surface area contributed by atoms with Crippen LogP contribution in [0.15, 0.2) is 29.2 Å². The SMILES string of the molecule is CCN(C/C=C\CN)S(=O)(=O)c1c(C)cc(C)cc1C. The van der Waals surface area contributed by atoms with E-state index in [2.05, 4.69) is 0 Å². The van der Waals surface area contributed by atoms with Crippen LogP contribution in [-0.4, -0.2) is 32.4 Å². The molecule has 4 nitrogen and oxygen atoms in total. The summed E-state index contributed by atoms with van der Waals surface area (Å²) in [5, 5.41) is 0. The van der Waals surface area contributed by atoms with Gasteiger partial charge in [0, 0.05) is 19.6 Å². The molecule has 0 amide bonds. The lowest BCUT2D eigenvalue weighted by Crippen LogP contribution is -2.32. The van der Waals surface area contributed by atoms with E-state index in [1.807, 2.05) is 39.8 Å². The molecule has 1 aromatic carbocycles. The molecule has 5 heteroatoms. The second-order valence-corrected chi connectivity index (χ2v) is 6.77. The molecule has 0 fully saturated rings. The van der Waals surface area contributed by atoms with Crippen molar-refractivity contribution in [2.75, 3.05) is 19.6 Å². The molecule has 0 saturated heterocycles. The van der Waals surface area contributed by atoms with E-state index in [0.717, 1.165) is 16.7 Å². The minimum atomic E-state index is -3.47. The Morgan fingerprint density at radius 1 is 1.15 bits per heavy atom. The summed E-state index contributed by atoms with van der Waals surface area (Å²) < 4.78 is 27.0. The van der Waals surface area contributed by atoms with E-state index < -0.39 is 10.0 Å². The molecule has 0 heterocycles. The van der Waals surface area contributed by atoms with Crippen LogP contribution in [0.25, 0.3) is 0 Å². The molecule has 0 bridgehead atoms. The molecule has 1 aromatic rings. The molecule has 0 unspecified atom stereocenters. The van der Waals surface area contributed by atoms with Gasteiger partial charge in [0.05, 0.1) is 4.90 Å². The molecule has 0 aliphatic rings. The number of rotatable bonds is 6. The lowest BCUT2D eigenvalue weighted by molar-refractivity contribution is 0.458. The first-order valence-corrected chi connectivity index (χ1v) is 8.21. The molecule has 2 N–H and O–H groups in total. The van der Waals surface area contributed by atoms with Gasteiger partial charge in [0.2, 0.25) is 10.0 Å². The minimum absolute atomic E-state index is 0.350. The van der Waals surface area contributed by atoms with Crippen molar-refractivity contribution in [2.45, 2.75) is 32.6 Å². The van der Waals surface area contributed by atoms with E-state index in [9.17, 15) is 8.42 Å². The van der Waals surface area contributed by atoms with Crippen molar-refractivity contribution in [3.63, 3.8) is 0 Å². The Morgan fingerprint density at radius 3 is 2.15 bits per heavy atom. The van der Waals surface area contributed by atoms with Gasteiger partial charge < -0.3 is 5.73 Å². The van der Waals surface area contributed by atoms with Crippen LogP contribution in [0, 0.1) is 20.8 Å². The summed E-state index contributed by atoms with van der Waals surface area (Å²) in [7, 11) is -3.47. The zero-order valence-electron chi connectivity index (χ0n) is 12.7. The van der Waals surface area contributed by atoms with Crippen molar-refractivity contribution in [3.8, 4) is 0 Å². The zero-order valence-corrected chi connectivity index (χ0v) is 13.5. The van der Waals surface area contributed by atoms with Crippen LogP contribution in [0.2, 0.25) is 0 Å². The summed E-state index contributed by atoms with van der Waals surface area (Å²) >= 11 is 0. The second kappa shape index (κ2) is 7.02. The highest BCUT2D eigenvalue weighted by Gasteiger charge is 2.25. The molecule has 0 aliphatic heterocycles. The molecule has 0 spiro atoms. The highest BCUT2D eigenvalue weighted by molar-refractivity contribution is 7.89. The van der Waals surface area contributed by atoms with Gasteiger partial charge in [-0.05, 0) is 31.9 Å². The Bertz CT molecular complexity index is 569. The summed E-state index contributed by atoms with van der Waals surface area (Å²) in [6.07, 6.45) is 3.56. The standard InChI is InChI=1S/C15H24N2O2S/c1-5-17(9-7-6-8-16)20(18,19)15-13(3)10-12(2)11-14(15)4/h6-7,10-11H,5,8-9,16H2,1-4H3/b7-6-. The van der Waals surface area contributed by atoms with Crippen molar-refractivity contribution >= 4 is 10.0 Å². The molecule has 0 aromatic heterocycles. The summed E-state index contributed by atoms with van der Waals surface area (Å²) in [6.45, 7) is 8.70. The minimum Gasteiger partial charge on any atom is -0.327 e. The van der Waals surface area contributed by atoms with Gasteiger partial charge >= 0.3 is 0 Å². The van der Waals surface area contributed by atoms with Gasteiger partial charge in [0.1, 0.15) is 0 Å². The monoisotopic (exact) mass is 296 g/mol. The maximum absolute atomic E-state index is 12.8. The van der Waals surface area contributed by atoms with Gasteiger partial charge in [0.15, 0.2) is 0 Å². The fourth-order valence-electron chi connectivity index (χ4n) is 2.39. The summed E-state index contributed by atoms with van der Waals surface area (Å²) in [5.41, 5.74) is 8.05. The van der Waals surface area contributed by atoms with Crippen LogP contribution < -0.4 is 5.73 Å². The Hall–Kier alpha value is -1.17. The fourth-order valence-corrected chi connectivity index (χ4v) is 4.20. The number of nitrogens with zero attached hydrogens (tertiary/aromatic N) is 1. The lowest BCUT2D eigenvalue weighted by Gasteiger charge is -2.22. The summed E-state index contributed by atoms with van der Waals surface area (Å²) in [4.78, 5) is 0.422. The van der Waals surface area contributed by atoms with Crippen LogP contribution >= 0.6 is 0 Å². The van der Waals surface area contributed by atoms with E-state index >= 15 is 0 Å². The highest BCUT2D eigenvalue weighted by Crippen LogP contribution is 2.25. The average molecular weight is 296 g/mol. The summed E-state index contributed by atoms with van der Waals surface area (Å²) in [5.74, 6) is 0. The van der Waals surface area contributed by atoms with Crippen molar-refractivity contribution in [2.24, 2.45) is 5.73 Å². The van der Waals surface area contributed by atoms with Crippen LogP contribution in [0.4, 0.5) is 0 Å². The maximum atomic E-state index is 12.8. The number of nitrogens with two attached hydrogens (primary N) is 1. The van der Waals surface area contributed by atoms with Crippen LogP contribution in [0.3, 0.4) is 0 Å². The molecular weight excluding hydrogens is 272 g/mol. The van der Waals surface area contributed by atoms with Crippen molar-refractivity contribution in [3.05, 3.63) is 41.0 Å². The van der Waals surface area contributed by atoms with Gasteiger partial charge in [-0.1, -0.05) is 36.8 Å². The van der Waals surface area contributed by atoms with Gasteiger partial charge in [-0.25, -0.2) is 8.42 Å². The first-order chi connectivity index (χ1) is 9.34. The normalized spacial score (nSPS) is 12.5. The first-order valence-electron chi connectivity index (χ1n) is 6.77. The topological polar surface area (TPSA) is 63.4 Å². The predicted molar refractivity (Wildman–Crippen MR) is 83.3 cm³/mol. The molecule has 0 aliphatic carbocycles. The molecule has 20 heavy (non-hydrogen) atoms. The van der Waals surface area contributed by atoms with Crippen molar-refractivity contribution in [1.29, 1.82) is 0 Å². The molecule has 0 saturated carbocycles. The Labute approximate surface area is 122 Å². The van der Waals surface area contributed by atoms with Gasteiger partial charge in [0.25, 0.3) is 0 Å². The fraction of sp³-hybridized carbons (Fsp3) is 0.467. The first kappa shape index (κ1) is 16.9. The third-order valence-electron chi connectivity index (χ3n) is 3.17. The quantitative estimate of drug-likeness (QED) is 0.818. The maximum Gasteiger partial charge on any atom is 0.243 e. The molecule has 112 valence electrons. The third-order valence-corrected chi connectivity index (χ3v) is 5.41. The van der Waals surface area contributed by atoms with Crippen molar-refractivity contribution in [1.82, 2.24) is 4.31 Å². The van der Waals surface area contributed by atoms with Crippen LogP contribution in [-0.2, 0) is 10.0 Å². The van der Waals surface area contributed by atoms with E-state index in [-0.39, 0.29) is 0 Å². The van der Waals surface area contributed by atoms with Gasteiger partial charge in [-0.2, -0.15) is 4.31 Å². The Balaban J connectivity index is 3.24. The largest absolute Gasteiger partial charge is 0.327 e. The number of sulfonamides is 1. The molecule has 1 rings (SSSR count). The van der Waals surface area contributed by atoms with Gasteiger partial charge in [-0.3, -0.25) is 0 Å². The van der Waals surface area contributed by atoms with Crippen LogP contribution in [0.5, 0.6) is 0 Å². The van der Waals surface area contributed by atoms with Crippen molar-refractivity contribution < 1.29 is 8.42 Å². The molecule has 0 atom stereocenters. The average Bonchev–Trinajstić information content (AvgIpc) is 2.32. The lowest BCUT2D eigenvalue weighted by atomic mass is 10.1. The number of likely N-dealkylation sites (N-methyl/N-ethyl adjacent to an activating group) is 1. The number of hydrogen-bond donors (Lipinski definition) is 1. The second-order valence-electron chi connectivity index (χ2n) is 4.89. The van der Waals surface area contributed by atoms with E-state index in [4.69, 9.17) is 5.73 Å². The number of hydrogen-bond acceptors (Lipinski definition) is 3. The smallest absolute Gasteiger partial charge is 0.243 e. The van der Waals surface area contributed by atoms with E-state index in [0.29, 0.717) is 24.5 Å². The Morgan fingerprint density at radius 2 is 1.70 bits per heavy atom. The van der Waals surface area contributed by atoms with Gasteiger partial charge in [-0.15, -0.1) is 0 Å². The zero-order chi connectivity index (χ0) is 15.3. The van der Waals surface area contributed by atoms with Crippen LogP contribution in [0.1, 0.15) is 23.6 Å². The third kappa shape index (κ3) is 3.69.